The Labute approximate surface area is 95.8 Å². The Morgan fingerprint density at radius 2 is 1.20 bits per heavy atom. The Balaban J connectivity index is 5.19. The maximum Gasteiger partial charge on any atom is 0.0694 e. The Morgan fingerprint density at radius 1 is 0.800 bits per heavy atom. The van der Waals surface area contributed by atoms with E-state index in [9.17, 15) is 0 Å². The summed E-state index contributed by atoms with van der Waals surface area (Å²) >= 11 is 0. The zero-order valence-corrected chi connectivity index (χ0v) is 11.3. The topological polar surface area (TPSA) is 52.0 Å². The molecular formula is C13H30N2. The zero-order valence-electron chi connectivity index (χ0n) is 11.3. The highest BCUT2D eigenvalue weighted by Crippen LogP contribution is 2.45. The Hall–Kier alpha value is -0.0800. The van der Waals surface area contributed by atoms with E-state index in [-0.39, 0.29) is 5.41 Å². The van der Waals surface area contributed by atoms with Crippen molar-refractivity contribution in [1.82, 2.24) is 0 Å². The predicted molar refractivity (Wildman–Crippen MR) is 68.5 cm³/mol. The van der Waals surface area contributed by atoms with E-state index >= 15 is 0 Å². The average Bonchev–Trinajstić information content (AvgIpc) is 2.25. The van der Waals surface area contributed by atoms with E-state index in [0.717, 1.165) is 19.3 Å². The van der Waals surface area contributed by atoms with Crippen molar-refractivity contribution < 1.29 is 0 Å². The van der Waals surface area contributed by atoms with Crippen LogP contribution in [0.5, 0.6) is 0 Å². The second-order valence-corrected chi connectivity index (χ2v) is 4.77. The summed E-state index contributed by atoms with van der Waals surface area (Å²) < 4.78 is 0. The summed E-state index contributed by atoms with van der Waals surface area (Å²) in [4.78, 5) is 0. The molecule has 15 heavy (non-hydrogen) atoms. The van der Waals surface area contributed by atoms with Crippen LogP contribution < -0.4 is 11.5 Å². The Bertz CT molecular complexity index is 167. The summed E-state index contributed by atoms with van der Waals surface area (Å²) in [7, 11) is 0. The van der Waals surface area contributed by atoms with Gasteiger partial charge < -0.3 is 11.5 Å². The summed E-state index contributed by atoms with van der Waals surface area (Å²) in [5.74, 6) is 0.641. The molecule has 0 heterocycles. The number of nitrogens with two attached hydrogens (primary N) is 2. The number of rotatable bonds is 7. The molecule has 0 bridgehead atoms. The third-order valence-electron chi connectivity index (χ3n) is 4.54. The summed E-state index contributed by atoms with van der Waals surface area (Å²) in [5, 5.41) is 0. The molecule has 0 amide bonds. The zero-order chi connectivity index (χ0) is 12.1. The summed E-state index contributed by atoms with van der Waals surface area (Å²) in [6, 6.07) is 0. The molecular weight excluding hydrogens is 184 g/mol. The standard InChI is InChI=1S/C13H30N2/c1-6-11(7-2)12(8-3,9-4)13(14,15)10-5/h11H,6-10,14-15H2,1-5H3. The van der Waals surface area contributed by atoms with Gasteiger partial charge in [0, 0.05) is 5.41 Å². The lowest BCUT2D eigenvalue weighted by molar-refractivity contribution is 0.0263. The minimum Gasteiger partial charge on any atom is -0.313 e. The fourth-order valence-electron chi connectivity index (χ4n) is 3.29. The molecule has 0 spiro atoms. The lowest BCUT2D eigenvalue weighted by atomic mass is 9.61. The number of hydrogen-bond donors (Lipinski definition) is 2. The minimum atomic E-state index is -0.521. The minimum absolute atomic E-state index is 0.102. The largest absolute Gasteiger partial charge is 0.313 e. The van der Waals surface area contributed by atoms with Gasteiger partial charge in [-0.25, -0.2) is 0 Å². The van der Waals surface area contributed by atoms with Crippen LogP contribution in [0.4, 0.5) is 0 Å². The van der Waals surface area contributed by atoms with E-state index in [4.69, 9.17) is 11.5 Å². The first kappa shape index (κ1) is 14.9. The van der Waals surface area contributed by atoms with Gasteiger partial charge in [-0.1, -0.05) is 47.5 Å². The van der Waals surface area contributed by atoms with Gasteiger partial charge in [-0.3, -0.25) is 0 Å². The Kier molecular flexibility index (Phi) is 5.82. The van der Waals surface area contributed by atoms with Crippen LogP contribution in [0.3, 0.4) is 0 Å². The van der Waals surface area contributed by atoms with Crippen LogP contribution in [0.2, 0.25) is 0 Å². The molecule has 4 N–H and O–H groups in total. The first-order valence-electron chi connectivity index (χ1n) is 6.53. The second kappa shape index (κ2) is 5.86. The van der Waals surface area contributed by atoms with Crippen molar-refractivity contribution in [3.05, 3.63) is 0 Å². The first-order chi connectivity index (χ1) is 6.95. The monoisotopic (exact) mass is 214 g/mol. The van der Waals surface area contributed by atoms with E-state index in [1.165, 1.54) is 12.8 Å². The highest BCUT2D eigenvalue weighted by Gasteiger charge is 2.46. The first-order valence-corrected chi connectivity index (χ1v) is 6.53. The van der Waals surface area contributed by atoms with Crippen molar-refractivity contribution in [3.63, 3.8) is 0 Å². The molecule has 0 saturated heterocycles. The molecule has 0 atom stereocenters. The molecule has 0 unspecified atom stereocenters. The molecule has 92 valence electrons. The van der Waals surface area contributed by atoms with Gasteiger partial charge in [0.1, 0.15) is 0 Å². The second-order valence-electron chi connectivity index (χ2n) is 4.77. The molecule has 0 aliphatic heterocycles. The average molecular weight is 214 g/mol. The predicted octanol–water partition coefficient (Wildman–Crippen LogP) is 3.25. The summed E-state index contributed by atoms with van der Waals surface area (Å²) in [6.45, 7) is 11.1. The van der Waals surface area contributed by atoms with E-state index in [0.29, 0.717) is 5.92 Å². The van der Waals surface area contributed by atoms with E-state index in [2.05, 4.69) is 34.6 Å². The molecule has 0 radical (unpaired) electrons. The van der Waals surface area contributed by atoms with Crippen molar-refractivity contribution in [2.24, 2.45) is 22.8 Å². The van der Waals surface area contributed by atoms with Crippen molar-refractivity contribution in [2.75, 3.05) is 0 Å². The molecule has 2 nitrogen and oxygen atoms in total. The van der Waals surface area contributed by atoms with Crippen LogP contribution >= 0.6 is 0 Å². The molecule has 0 aromatic carbocycles. The molecule has 0 aliphatic rings. The Morgan fingerprint density at radius 3 is 1.40 bits per heavy atom. The van der Waals surface area contributed by atoms with Crippen molar-refractivity contribution in [1.29, 1.82) is 0 Å². The van der Waals surface area contributed by atoms with Crippen LogP contribution in [0.25, 0.3) is 0 Å². The fraction of sp³-hybridized carbons (Fsp3) is 1.00. The molecule has 0 aromatic heterocycles. The van der Waals surface area contributed by atoms with Crippen LogP contribution in [0.1, 0.15) is 66.7 Å². The lowest BCUT2D eigenvalue weighted by Gasteiger charge is -2.50. The van der Waals surface area contributed by atoms with Gasteiger partial charge in [0.05, 0.1) is 5.66 Å². The maximum atomic E-state index is 6.35. The maximum absolute atomic E-state index is 6.35. The van der Waals surface area contributed by atoms with Crippen LogP contribution in [0.15, 0.2) is 0 Å². The fourth-order valence-corrected chi connectivity index (χ4v) is 3.29. The molecule has 2 heteroatoms. The van der Waals surface area contributed by atoms with Crippen LogP contribution in [-0.4, -0.2) is 5.66 Å². The van der Waals surface area contributed by atoms with Crippen molar-refractivity contribution in [3.8, 4) is 0 Å². The van der Waals surface area contributed by atoms with Gasteiger partial charge in [0.2, 0.25) is 0 Å². The molecule has 0 aromatic rings. The normalized spacial score (nSPS) is 13.6. The third kappa shape index (κ3) is 2.54. The molecule has 0 aliphatic carbocycles. The van der Waals surface area contributed by atoms with Gasteiger partial charge in [-0.15, -0.1) is 0 Å². The third-order valence-corrected chi connectivity index (χ3v) is 4.54. The van der Waals surface area contributed by atoms with E-state index < -0.39 is 5.66 Å². The summed E-state index contributed by atoms with van der Waals surface area (Å²) in [6.07, 6.45) is 5.36. The van der Waals surface area contributed by atoms with Gasteiger partial charge in [0.15, 0.2) is 0 Å². The molecule has 0 rings (SSSR count). The van der Waals surface area contributed by atoms with Crippen molar-refractivity contribution in [2.45, 2.75) is 72.4 Å². The van der Waals surface area contributed by atoms with Crippen LogP contribution in [0, 0.1) is 11.3 Å². The van der Waals surface area contributed by atoms with Gasteiger partial charge in [0.25, 0.3) is 0 Å². The van der Waals surface area contributed by atoms with Gasteiger partial charge >= 0.3 is 0 Å². The number of hydrogen-bond acceptors (Lipinski definition) is 2. The van der Waals surface area contributed by atoms with Gasteiger partial charge in [-0.05, 0) is 25.2 Å². The van der Waals surface area contributed by atoms with E-state index in [1.54, 1.807) is 0 Å². The highest BCUT2D eigenvalue weighted by atomic mass is 15.0. The molecule has 0 fully saturated rings. The molecule has 0 saturated carbocycles. The highest BCUT2D eigenvalue weighted by molar-refractivity contribution is 4.99. The lowest BCUT2D eigenvalue weighted by Crippen LogP contribution is -2.64. The van der Waals surface area contributed by atoms with E-state index in [1.807, 2.05) is 0 Å². The quantitative estimate of drug-likeness (QED) is 0.639. The van der Waals surface area contributed by atoms with Gasteiger partial charge in [-0.2, -0.15) is 0 Å². The summed E-state index contributed by atoms with van der Waals surface area (Å²) in [5.41, 5.74) is 12.3. The van der Waals surface area contributed by atoms with Crippen molar-refractivity contribution >= 4 is 0 Å². The van der Waals surface area contributed by atoms with Crippen LogP contribution in [-0.2, 0) is 0 Å². The smallest absolute Gasteiger partial charge is 0.0694 e. The SMILES string of the molecule is CCC(CC)C(CC)(CC)C(N)(N)CC.